The second kappa shape index (κ2) is 7.92. The number of hydrogen-bond acceptors (Lipinski definition) is 4. The lowest BCUT2D eigenvalue weighted by Gasteiger charge is -2.24. The third-order valence-corrected chi connectivity index (χ3v) is 3.93. The van der Waals surface area contributed by atoms with Crippen molar-refractivity contribution in [2.75, 3.05) is 33.3 Å². The van der Waals surface area contributed by atoms with Crippen LogP contribution in [0.4, 0.5) is 4.39 Å². The molecule has 0 aromatic heterocycles. The summed E-state index contributed by atoms with van der Waals surface area (Å²) in [7, 11) is 1.62. The predicted octanol–water partition coefficient (Wildman–Crippen LogP) is 1.21. The van der Waals surface area contributed by atoms with Crippen LogP contribution in [0.1, 0.15) is 12.8 Å². The van der Waals surface area contributed by atoms with Crippen molar-refractivity contribution in [1.82, 2.24) is 9.80 Å². The second-order valence-corrected chi connectivity index (χ2v) is 5.56. The molecule has 2 rings (SSSR count). The maximum absolute atomic E-state index is 13.4. The average Bonchev–Trinajstić information content (AvgIpc) is 2.97. The number of likely N-dealkylation sites (N-methyl/N-ethyl adjacent to an activating group) is 1. The molecule has 1 N–H and O–H groups in total. The number of para-hydroxylation sites is 1. The number of benzene rings is 1. The molecule has 7 heteroatoms. The Bertz CT molecular complexity index is 567. The normalized spacial score (nSPS) is 17.9. The fourth-order valence-electron chi connectivity index (χ4n) is 2.57. The molecule has 1 heterocycles. The zero-order valence-electron chi connectivity index (χ0n) is 13.1. The number of carbonyl (C=O) groups excluding carboxylic acids is 1. The van der Waals surface area contributed by atoms with Crippen molar-refractivity contribution in [3.05, 3.63) is 30.1 Å². The maximum atomic E-state index is 13.4. The van der Waals surface area contributed by atoms with Crippen molar-refractivity contribution in [3.8, 4) is 5.75 Å². The molecular formula is C16H21FN2O4. The van der Waals surface area contributed by atoms with Crippen LogP contribution < -0.4 is 4.74 Å². The molecule has 1 saturated heterocycles. The molecule has 1 fully saturated rings. The van der Waals surface area contributed by atoms with Gasteiger partial charge in [-0.05, 0) is 31.5 Å². The van der Waals surface area contributed by atoms with Gasteiger partial charge in [0.1, 0.15) is 12.6 Å². The van der Waals surface area contributed by atoms with Crippen LogP contribution in [-0.2, 0) is 9.59 Å². The molecule has 0 spiro atoms. The van der Waals surface area contributed by atoms with Crippen LogP contribution >= 0.6 is 0 Å². The van der Waals surface area contributed by atoms with Gasteiger partial charge in [0.25, 0.3) is 0 Å². The molecule has 23 heavy (non-hydrogen) atoms. The van der Waals surface area contributed by atoms with E-state index in [0.717, 1.165) is 6.42 Å². The van der Waals surface area contributed by atoms with Gasteiger partial charge >= 0.3 is 5.97 Å². The van der Waals surface area contributed by atoms with Crippen molar-refractivity contribution in [3.63, 3.8) is 0 Å². The van der Waals surface area contributed by atoms with Crippen molar-refractivity contribution in [2.45, 2.75) is 18.9 Å². The standard InChI is InChI=1S/C16H21FN2O4/c1-18(9-10-23-14-7-3-2-5-12(14)17)15(20)11-19-8-4-6-13(19)16(21)22/h2-3,5,7,13H,4,6,8-11H2,1H3,(H,21,22). The lowest BCUT2D eigenvalue weighted by atomic mass is 10.2. The van der Waals surface area contributed by atoms with E-state index >= 15 is 0 Å². The van der Waals surface area contributed by atoms with Gasteiger partial charge in [-0.25, -0.2) is 4.39 Å². The number of hydrogen-bond donors (Lipinski definition) is 1. The maximum Gasteiger partial charge on any atom is 0.320 e. The van der Waals surface area contributed by atoms with Gasteiger partial charge in [-0.15, -0.1) is 0 Å². The van der Waals surface area contributed by atoms with Gasteiger partial charge in [-0.3, -0.25) is 14.5 Å². The average molecular weight is 324 g/mol. The molecule has 1 aromatic carbocycles. The first-order valence-electron chi connectivity index (χ1n) is 7.57. The number of carbonyl (C=O) groups is 2. The zero-order chi connectivity index (χ0) is 16.8. The lowest BCUT2D eigenvalue weighted by molar-refractivity contribution is -0.143. The number of likely N-dealkylation sites (tertiary alicyclic amines) is 1. The van der Waals surface area contributed by atoms with E-state index in [1.54, 1.807) is 24.1 Å². The summed E-state index contributed by atoms with van der Waals surface area (Å²) in [6.45, 7) is 1.17. The Hall–Kier alpha value is -2.15. The number of nitrogens with zero attached hydrogens (tertiary/aromatic N) is 2. The van der Waals surface area contributed by atoms with E-state index < -0.39 is 17.8 Å². The molecular weight excluding hydrogens is 303 g/mol. The molecule has 0 aliphatic carbocycles. The van der Waals surface area contributed by atoms with Crippen molar-refractivity contribution < 1.29 is 23.8 Å². The number of halogens is 1. The molecule has 1 amide bonds. The minimum atomic E-state index is -0.888. The predicted molar refractivity (Wildman–Crippen MR) is 81.8 cm³/mol. The van der Waals surface area contributed by atoms with Crippen LogP contribution in [0.5, 0.6) is 5.75 Å². The summed E-state index contributed by atoms with van der Waals surface area (Å²) in [4.78, 5) is 26.4. The van der Waals surface area contributed by atoms with E-state index in [2.05, 4.69) is 0 Å². The van der Waals surface area contributed by atoms with Crippen LogP contribution in [0.3, 0.4) is 0 Å². The summed E-state index contributed by atoms with van der Waals surface area (Å²) >= 11 is 0. The monoisotopic (exact) mass is 324 g/mol. The van der Waals surface area contributed by atoms with Gasteiger partial charge in [-0.1, -0.05) is 12.1 Å². The Kier molecular flexibility index (Phi) is 5.92. The van der Waals surface area contributed by atoms with Crippen LogP contribution in [0.15, 0.2) is 24.3 Å². The summed E-state index contributed by atoms with van der Waals surface area (Å²) in [6, 6.07) is 5.50. The van der Waals surface area contributed by atoms with Gasteiger partial charge in [0.05, 0.1) is 13.1 Å². The quantitative estimate of drug-likeness (QED) is 0.816. The molecule has 1 atom stereocenters. The van der Waals surface area contributed by atoms with Crippen LogP contribution in [0.2, 0.25) is 0 Å². The minimum Gasteiger partial charge on any atom is -0.489 e. The molecule has 126 valence electrons. The molecule has 1 aromatic rings. The Morgan fingerprint density at radius 2 is 2.17 bits per heavy atom. The highest BCUT2D eigenvalue weighted by Gasteiger charge is 2.32. The largest absolute Gasteiger partial charge is 0.489 e. The summed E-state index contributed by atoms with van der Waals surface area (Å²) in [5, 5.41) is 9.11. The van der Waals surface area contributed by atoms with E-state index in [0.29, 0.717) is 19.5 Å². The van der Waals surface area contributed by atoms with E-state index in [9.17, 15) is 14.0 Å². The van der Waals surface area contributed by atoms with E-state index in [4.69, 9.17) is 9.84 Å². The SMILES string of the molecule is CN(CCOc1ccccc1F)C(=O)CN1CCCC1C(=O)O. The van der Waals surface area contributed by atoms with E-state index in [1.807, 2.05) is 0 Å². The van der Waals surface area contributed by atoms with Crippen molar-refractivity contribution in [1.29, 1.82) is 0 Å². The van der Waals surface area contributed by atoms with Gasteiger partial charge in [0.15, 0.2) is 11.6 Å². The molecule has 6 nitrogen and oxygen atoms in total. The Labute approximate surface area is 134 Å². The third kappa shape index (κ3) is 4.66. The molecule has 1 aliphatic rings. The first-order valence-corrected chi connectivity index (χ1v) is 7.57. The highest BCUT2D eigenvalue weighted by molar-refractivity contribution is 5.80. The Balaban J connectivity index is 1.77. The molecule has 0 radical (unpaired) electrons. The number of ether oxygens (including phenoxy) is 1. The summed E-state index contributed by atoms with van der Waals surface area (Å²) in [6.07, 6.45) is 1.35. The Morgan fingerprint density at radius 1 is 1.43 bits per heavy atom. The Morgan fingerprint density at radius 3 is 2.87 bits per heavy atom. The summed E-state index contributed by atoms with van der Waals surface area (Å²) in [5.41, 5.74) is 0. The van der Waals surface area contributed by atoms with Crippen LogP contribution in [0, 0.1) is 5.82 Å². The van der Waals surface area contributed by atoms with Crippen molar-refractivity contribution >= 4 is 11.9 Å². The smallest absolute Gasteiger partial charge is 0.320 e. The summed E-state index contributed by atoms with van der Waals surface area (Å²) < 4.78 is 18.7. The first-order chi connectivity index (χ1) is 11.0. The highest BCUT2D eigenvalue weighted by atomic mass is 19.1. The van der Waals surface area contributed by atoms with Crippen LogP contribution in [-0.4, -0.2) is 66.1 Å². The molecule has 1 aliphatic heterocycles. The number of rotatable bonds is 7. The molecule has 1 unspecified atom stereocenters. The van der Waals surface area contributed by atoms with Gasteiger partial charge in [0.2, 0.25) is 5.91 Å². The first kappa shape index (κ1) is 17.2. The van der Waals surface area contributed by atoms with Gasteiger partial charge in [-0.2, -0.15) is 0 Å². The van der Waals surface area contributed by atoms with Crippen molar-refractivity contribution in [2.24, 2.45) is 0 Å². The van der Waals surface area contributed by atoms with Gasteiger partial charge < -0.3 is 14.7 Å². The number of carboxylic acids is 1. The van der Waals surface area contributed by atoms with Crippen LogP contribution in [0.25, 0.3) is 0 Å². The number of aliphatic carboxylic acids is 1. The fourth-order valence-corrected chi connectivity index (χ4v) is 2.57. The number of amides is 1. The van der Waals surface area contributed by atoms with E-state index in [1.165, 1.54) is 17.0 Å². The molecule has 0 saturated carbocycles. The third-order valence-electron chi connectivity index (χ3n) is 3.93. The minimum absolute atomic E-state index is 0.0766. The fraction of sp³-hybridized carbons (Fsp3) is 0.500. The number of carboxylic acid groups (broad SMARTS) is 1. The zero-order valence-corrected chi connectivity index (χ0v) is 13.1. The summed E-state index contributed by atoms with van der Waals surface area (Å²) in [5.74, 6) is -1.35. The van der Waals surface area contributed by atoms with E-state index in [-0.39, 0.29) is 24.8 Å². The topological polar surface area (TPSA) is 70.1 Å². The highest BCUT2D eigenvalue weighted by Crippen LogP contribution is 2.17. The van der Waals surface area contributed by atoms with Gasteiger partial charge in [0, 0.05) is 7.05 Å². The lowest BCUT2D eigenvalue weighted by Crippen LogP contribution is -2.44. The molecule has 0 bridgehead atoms. The second-order valence-electron chi connectivity index (χ2n) is 5.56.